The van der Waals surface area contributed by atoms with E-state index < -0.39 is 15.6 Å². The first-order valence-corrected chi connectivity index (χ1v) is 9.63. The van der Waals surface area contributed by atoms with E-state index >= 15 is 0 Å². The lowest BCUT2D eigenvalue weighted by Gasteiger charge is -2.23. The Labute approximate surface area is 139 Å². The second-order valence-electron chi connectivity index (χ2n) is 6.24. The molecule has 0 saturated heterocycles. The Morgan fingerprint density at radius 1 is 1.22 bits per heavy atom. The highest BCUT2D eigenvalue weighted by atomic mass is 32.2. The largest absolute Gasteiger partial charge is 0.370 e. The standard InChI is InChI=1S/C16H28N4O2S/c1-6-12-9-8-10-13(7-2)14(12)19-15(17)18-11-16(3,4)20-23(5,21)22/h8-10,20H,6-7,11H2,1-5H3,(H3,17,18,19). The van der Waals surface area contributed by atoms with Gasteiger partial charge in [-0.05, 0) is 37.8 Å². The lowest BCUT2D eigenvalue weighted by Crippen LogP contribution is -2.45. The average molecular weight is 340 g/mol. The molecule has 0 atom stereocenters. The summed E-state index contributed by atoms with van der Waals surface area (Å²) in [4.78, 5) is 4.28. The molecule has 0 radical (unpaired) electrons. The number of nitrogens with one attached hydrogen (secondary N) is 2. The third-order valence-corrected chi connectivity index (χ3v) is 4.28. The first-order chi connectivity index (χ1) is 10.6. The Morgan fingerprint density at radius 2 is 1.74 bits per heavy atom. The molecule has 0 aromatic heterocycles. The van der Waals surface area contributed by atoms with Gasteiger partial charge in [0.05, 0.1) is 12.8 Å². The molecule has 7 heteroatoms. The van der Waals surface area contributed by atoms with E-state index in [1.54, 1.807) is 13.8 Å². The van der Waals surface area contributed by atoms with Crippen molar-refractivity contribution >= 4 is 21.7 Å². The molecule has 6 nitrogen and oxygen atoms in total. The Bertz CT molecular complexity index is 644. The molecule has 0 aliphatic rings. The number of nitrogens with two attached hydrogens (primary N) is 1. The van der Waals surface area contributed by atoms with Crippen molar-refractivity contribution in [2.24, 2.45) is 10.7 Å². The van der Waals surface area contributed by atoms with Gasteiger partial charge in [0.2, 0.25) is 10.0 Å². The zero-order chi connectivity index (χ0) is 17.7. The zero-order valence-electron chi connectivity index (χ0n) is 14.6. The number of hydrogen-bond donors (Lipinski definition) is 3. The molecular weight excluding hydrogens is 312 g/mol. The van der Waals surface area contributed by atoms with Gasteiger partial charge in [0.1, 0.15) is 0 Å². The lowest BCUT2D eigenvalue weighted by molar-refractivity contribution is 0.466. The van der Waals surface area contributed by atoms with Gasteiger partial charge in [0.15, 0.2) is 5.96 Å². The maximum atomic E-state index is 11.3. The lowest BCUT2D eigenvalue weighted by atomic mass is 10.0. The second-order valence-corrected chi connectivity index (χ2v) is 7.99. The van der Waals surface area contributed by atoms with E-state index in [1.807, 2.05) is 6.07 Å². The van der Waals surface area contributed by atoms with Gasteiger partial charge in [-0.25, -0.2) is 13.1 Å². The molecule has 1 aromatic carbocycles. The van der Waals surface area contributed by atoms with Gasteiger partial charge >= 0.3 is 0 Å². The predicted molar refractivity (Wildman–Crippen MR) is 97.4 cm³/mol. The van der Waals surface area contributed by atoms with Gasteiger partial charge in [-0.15, -0.1) is 0 Å². The Kier molecular flexibility index (Phi) is 6.58. The molecule has 0 amide bonds. The molecule has 0 aliphatic heterocycles. The molecule has 1 rings (SSSR count). The molecule has 0 unspecified atom stereocenters. The normalized spacial score (nSPS) is 13.2. The van der Waals surface area contributed by atoms with E-state index in [0.717, 1.165) is 24.8 Å². The van der Waals surface area contributed by atoms with Crippen LogP contribution >= 0.6 is 0 Å². The summed E-state index contributed by atoms with van der Waals surface area (Å²) in [5.41, 5.74) is 8.64. The van der Waals surface area contributed by atoms with Gasteiger partial charge in [0.25, 0.3) is 0 Å². The van der Waals surface area contributed by atoms with Gasteiger partial charge in [-0.3, -0.25) is 4.99 Å². The van der Waals surface area contributed by atoms with Crippen molar-refractivity contribution in [2.45, 2.75) is 46.1 Å². The number of guanidine groups is 1. The highest BCUT2D eigenvalue weighted by molar-refractivity contribution is 7.88. The molecule has 0 saturated carbocycles. The third kappa shape index (κ3) is 6.58. The van der Waals surface area contributed by atoms with E-state index in [1.165, 1.54) is 11.1 Å². The van der Waals surface area contributed by atoms with Crippen LogP contribution in [-0.4, -0.2) is 32.7 Å². The predicted octanol–water partition coefficient (Wildman–Crippen LogP) is 1.87. The van der Waals surface area contributed by atoms with Crippen molar-refractivity contribution in [3.05, 3.63) is 29.3 Å². The highest BCUT2D eigenvalue weighted by Crippen LogP contribution is 2.22. The van der Waals surface area contributed by atoms with Crippen LogP contribution in [0, 0.1) is 0 Å². The van der Waals surface area contributed by atoms with Crippen LogP contribution in [0.2, 0.25) is 0 Å². The van der Waals surface area contributed by atoms with Crippen LogP contribution in [0.1, 0.15) is 38.8 Å². The summed E-state index contributed by atoms with van der Waals surface area (Å²) < 4.78 is 25.2. The van der Waals surface area contributed by atoms with Crippen LogP contribution in [0.3, 0.4) is 0 Å². The Morgan fingerprint density at radius 3 is 2.17 bits per heavy atom. The quantitative estimate of drug-likeness (QED) is 0.521. The van der Waals surface area contributed by atoms with Crippen LogP contribution in [0.4, 0.5) is 5.69 Å². The van der Waals surface area contributed by atoms with Crippen LogP contribution < -0.4 is 15.8 Å². The topological polar surface area (TPSA) is 96.6 Å². The highest BCUT2D eigenvalue weighted by Gasteiger charge is 2.21. The Balaban J connectivity index is 2.90. The summed E-state index contributed by atoms with van der Waals surface area (Å²) in [6, 6.07) is 6.16. The van der Waals surface area contributed by atoms with E-state index in [0.29, 0.717) is 0 Å². The van der Waals surface area contributed by atoms with Crippen molar-refractivity contribution in [1.29, 1.82) is 0 Å². The zero-order valence-corrected chi connectivity index (χ0v) is 15.4. The molecular formula is C16H28N4O2S. The number of anilines is 1. The number of sulfonamides is 1. The van der Waals surface area contributed by atoms with Crippen LogP contribution in [0.15, 0.2) is 23.2 Å². The van der Waals surface area contributed by atoms with Crippen molar-refractivity contribution < 1.29 is 8.42 Å². The summed E-state index contributed by atoms with van der Waals surface area (Å²) in [6.45, 7) is 7.96. The minimum Gasteiger partial charge on any atom is -0.370 e. The summed E-state index contributed by atoms with van der Waals surface area (Å²) in [7, 11) is -3.29. The number of benzene rings is 1. The molecule has 23 heavy (non-hydrogen) atoms. The monoisotopic (exact) mass is 340 g/mol. The number of hydrogen-bond acceptors (Lipinski definition) is 3. The third-order valence-electron chi connectivity index (χ3n) is 3.36. The smallest absolute Gasteiger partial charge is 0.209 e. The van der Waals surface area contributed by atoms with Crippen LogP contribution in [-0.2, 0) is 22.9 Å². The first kappa shape index (κ1) is 19.4. The van der Waals surface area contributed by atoms with E-state index in [9.17, 15) is 8.42 Å². The minimum absolute atomic E-state index is 0.245. The van der Waals surface area contributed by atoms with Crippen molar-refractivity contribution in [1.82, 2.24) is 4.72 Å². The molecule has 0 bridgehead atoms. The molecule has 4 N–H and O–H groups in total. The molecule has 0 spiro atoms. The van der Waals surface area contributed by atoms with Crippen molar-refractivity contribution in [3.63, 3.8) is 0 Å². The van der Waals surface area contributed by atoms with Crippen LogP contribution in [0.5, 0.6) is 0 Å². The fourth-order valence-corrected chi connectivity index (χ4v) is 3.46. The molecule has 0 aliphatic carbocycles. The number of rotatable bonds is 7. The Hall–Kier alpha value is -1.60. The van der Waals surface area contributed by atoms with Crippen LogP contribution in [0.25, 0.3) is 0 Å². The molecule has 0 fully saturated rings. The van der Waals surface area contributed by atoms with Gasteiger partial charge in [0, 0.05) is 11.2 Å². The summed E-state index contributed by atoms with van der Waals surface area (Å²) in [6.07, 6.45) is 2.92. The van der Waals surface area contributed by atoms with Crippen molar-refractivity contribution in [2.75, 3.05) is 18.1 Å². The van der Waals surface area contributed by atoms with E-state index in [4.69, 9.17) is 5.73 Å². The first-order valence-electron chi connectivity index (χ1n) is 7.74. The minimum atomic E-state index is -3.29. The second kappa shape index (κ2) is 7.79. The van der Waals surface area contributed by atoms with Gasteiger partial charge in [-0.1, -0.05) is 32.0 Å². The fraction of sp³-hybridized carbons (Fsp3) is 0.562. The number of aryl methyl sites for hydroxylation is 2. The molecule has 1 aromatic rings. The van der Waals surface area contributed by atoms with E-state index in [-0.39, 0.29) is 12.5 Å². The number of para-hydroxylation sites is 1. The van der Waals surface area contributed by atoms with E-state index in [2.05, 4.69) is 41.0 Å². The summed E-state index contributed by atoms with van der Waals surface area (Å²) in [5, 5.41) is 3.17. The van der Waals surface area contributed by atoms with Gasteiger partial charge < -0.3 is 11.1 Å². The maximum absolute atomic E-state index is 11.3. The van der Waals surface area contributed by atoms with Gasteiger partial charge in [-0.2, -0.15) is 0 Å². The average Bonchev–Trinajstić information content (AvgIpc) is 2.43. The fourth-order valence-electron chi connectivity index (χ4n) is 2.39. The SMILES string of the molecule is CCc1cccc(CC)c1NC(N)=NCC(C)(C)NS(C)(=O)=O. The molecule has 0 heterocycles. The van der Waals surface area contributed by atoms with Crippen molar-refractivity contribution in [3.8, 4) is 0 Å². The summed E-state index contributed by atoms with van der Waals surface area (Å²) >= 11 is 0. The number of aliphatic imine (C=N–C) groups is 1. The number of nitrogens with zero attached hydrogens (tertiary/aromatic N) is 1. The maximum Gasteiger partial charge on any atom is 0.209 e. The molecule has 130 valence electrons. The summed E-state index contributed by atoms with van der Waals surface area (Å²) in [5.74, 6) is 0.281.